The SMILES string of the molecule is CC(C)CC(C)S(=O)(=O)F. The van der Waals surface area contributed by atoms with Crippen LogP contribution in [0.3, 0.4) is 0 Å². The van der Waals surface area contributed by atoms with E-state index in [1.54, 1.807) is 0 Å². The third kappa shape index (κ3) is 3.82. The summed E-state index contributed by atoms with van der Waals surface area (Å²) in [5, 5.41) is -0.854. The third-order valence-electron chi connectivity index (χ3n) is 1.28. The lowest BCUT2D eigenvalue weighted by Crippen LogP contribution is -2.14. The summed E-state index contributed by atoms with van der Waals surface area (Å²) in [6.07, 6.45) is 0.388. The van der Waals surface area contributed by atoms with Gasteiger partial charge in [0.25, 0.3) is 0 Å². The quantitative estimate of drug-likeness (QED) is 0.601. The monoisotopic (exact) mass is 168 g/mol. The lowest BCUT2D eigenvalue weighted by atomic mass is 10.1. The fourth-order valence-electron chi connectivity index (χ4n) is 0.779. The van der Waals surface area contributed by atoms with Gasteiger partial charge in [0.1, 0.15) is 0 Å². The maximum atomic E-state index is 12.1. The van der Waals surface area contributed by atoms with E-state index in [2.05, 4.69) is 0 Å². The molecule has 62 valence electrons. The first-order valence-electron chi connectivity index (χ1n) is 3.27. The van der Waals surface area contributed by atoms with Gasteiger partial charge in [0, 0.05) is 0 Å². The molecule has 0 saturated carbocycles. The van der Waals surface area contributed by atoms with Gasteiger partial charge in [-0.1, -0.05) is 13.8 Å². The van der Waals surface area contributed by atoms with E-state index in [1.165, 1.54) is 6.92 Å². The van der Waals surface area contributed by atoms with E-state index in [0.717, 1.165) is 0 Å². The third-order valence-corrected chi connectivity index (χ3v) is 2.44. The van der Waals surface area contributed by atoms with Crippen molar-refractivity contribution < 1.29 is 12.3 Å². The van der Waals surface area contributed by atoms with Crippen molar-refractivity contribution in [3.63, 3.8) is 0 Å². The van der Waals surface area contributed by atoms with Crippen molar-refractivity contribution in [3.8, 4) is 0 Å². The van der Waals surface area contributed by atoms with Crippen LogP contribution < -0.4 is 0 Å². The van der Waals surface area contributed by atoms with Gasteiger partial charge in [0.15, 0.2) is 0 Å². The number of hydrogen-bond acceptors (Lipinski definition) is 2. The Labute approximate surface area is 61.7 Å². The van der Waals surface area contributed by atoms with Crippen molar-refractivity contribution in [2.75, 3.05) is 0 Å². The highest BCUT2D eigenvalue weighted by atomic mass is 32.3. The van der Waals surface area contributed by atoms with E-state index in [9.17, 15) is 12.3 Å². The molecule has 0 aromatic heterocycles. The number of halogens is 1. The molecule has 0 radical (unpaired) electrons. The second kappa shape index (κ2) is 3.32. The lowest BCUT2D eigenvalue weighted by Gasteiger charge is -2.07. The van der Waals surface area contributed by atoms with Gasteiger partial charge < -0.3 is 0 Å². The molecule has 0 aliphatic rings. The molecule has 0 N–H and O–H groups in total. The summed E-state index contributed by atoms with van der Waals surface area (Å²) in [7, 11) is -4.30. The summed E-state index contributed by atoms with van der Waals surface area (Å²) in [5.74, 6) is 0.223. The van der Waals surface area contributed by atoms with Crippen molar-refractivity contribution >= 4 is 10.2 Å². The highest BCUT2D eigenvalue weighted by Gasteiger charge is 2.19. The Bertz CT molecular complexity index is 184. The van der Waals surface area contributed by atoms with Crippen molar-refractivity contribution in [2.45, 2.75) is 32.4 Å². The topological polar surface area (TPSA) is 34.1 Å². The normalized spacial score (nSPS) is 15.7. The Morgan fingerprint density at radius 2 is 1.70 bits per heavy atom. The molecule has 0 saturated heterocycles. The van der Waals surface area contributed by atoms with Gasteiger partial charge >= 0.3 is 10.2 Å². The Balaban J connectivity index is 3.99. The molecule has 1 atom stereocenters. The van der Waals surface area contributed by atoms with Crippen LogP contribution in [0.25, 0.3) is 0 Å². The van der Waals surface area contributed by atoms with E-state index < -0.39 is 15.5 Å². The molecule has 0 aromatic rings. The zero-order chi connectivity index (χ0) is 8.36. The maximum absolute atomic E-state index is 12.1. The Hall–Kier alpha value is -0.120. The first kappa shape index (κ1) is 9.88. The molecular weight excluding hydrogens is 155 g/mol. The molecule has 2 nitrogen and oxygen atoms in total. The summed E-state index contributed by atoms with van der Waals surface area (Å²) < 4.78 is 32.5. The molecule has 0 aliphatic heterocycles. The minimum absolute atomic E-state index is 0.223. The summed E-state index contributed by atoms with van der Waals surface area (Å²) in [6, 6.07) is 0. The molecule has 0 aliphatic carbocycles. The van der Waals surface area contributed by atoms with Gasteiger partial charge in [0.2, 0.25) is 0 Å². The van der Waals surface area contributed by atoms with Crippen LogP contribution >= 0.6 is 0 Å². The summed E-state index contributed by atoms with van der Waals surface area (Å²) >= 11 is 0. The maximum Gasteiger partial charge on any atom is 0.305 e. The lowest BCUT2D eigenvalue weighted by molar-refractivity contribution is 0.505. The van der Waals surface area contributed by atoms with Crippen LogP contribution in [0.1, 0.15) is 27.2 Å². The number of rotatable bonds is 3. The van der Waals surface area contributed by atoms with E-state index in [1.807, 2.05) is 13.8 Å². The molecule has 0 aromatic carbocycles. The Morgan fingerprint density at radius 3 is 1.80 bits per heavy atom. The predicted molar refractivity (Wildman–Crippen MR) is 38.9 cm³/mol. The van der Waals surface area contributed by atoms with Gasteiger partial charge in [-0.15, -0.1) is 3.89 Å². The first-order valence-corrected chi connectivity index (χ1v) is 4.72. The zero-order valence-electron chi connectivity index (χ0n) is 6.46. The van der Waals surface area contributed by atoms with Gasteiger partial charge in [0.05, 0.1) is 5.25 Å². The molecule has 0 spiro atoms. The van der Waals surface area contributed by atoms with Gasteiger partial charge in [-0.3, -0.25) is 0 Å². The highest BCUT2D eigenvalue weighted by molar-refractivity contribution is 7.86. The standard InChI is InChI=1S/C6H13FO2S/c1-5(2)4-6(3)10(7,8)9/h5-6H,4H2,1-3H3. The smallest absolute Gasteiger partial charge is 0.195 e. The summed E-state index contributed by atoms with van der Waals surface area (Å²) in [5.41, 5.74) is 0. The van der Waals surface area contributed by atoms with Crippen LogP contribution in [0.15, 0.2) is 0 Å². The molecule has 0 bridgehead atoms. The molecule has 10 heavy (non-hydrogen) atoms. The molecule has 0 heterocycles. The fourth-order valence-corrected chi connectivity index (χ4v) is 1.39. The van der Waals surface area contributed by atoms with Gasteiger partial charge in [-0.05, 0) is 19.3 Å². The fraction of sp³-hybridized carbons (Fsp3) is 1.00. The van der Waals surface area contributed by atoms with E-state index >= 15 is 0 Å². The van der Waals surface area contributed by atoms with Crippen LogP contribution in [-0.2, 0) is 10.2 Å². The van der Waals surface area contributed by atoms with Crippen LogP contribution in [0, 0.1) is 5.92 Å². The van der Waals surface area contributed by atoms with Crippen molar-refractivity contribution in [1.82, 2.24) is 0 Å². The molecule has 0 amide bonds. The van der Waals surface area contributed by atoms with Crippen LogP contribution in [0.2, 0.25) is 0 Å². The van der Waals surface area contributed by atoms with Crippen LogP contribution in [0.4, 0.5) is 3.89 Å². The molecule has 4 heteroatoms. The predicted octanol–water partition coefficient (Wildman–Crippen LogP) is 1.72. The largest absolute Gasteiger partial charge is 0.305 e. The zero-order valence-corrected chi connectivity index (χ0v) is 7.28. The summed E-state index contributed by atoms with van der Waals surface area (Å²) in [4.78, 5) is 0. The van der Waals surface area contributed by atoms with E-state index in [4.69, 9.17) is 0 Å². The second-order valence-electron chi connectivity index (χ2n) is 2.92. The average Bonchev–Trinajstić information content (AvgIpc) is 1.60. The van der Waals surface area contributed by atoms with Crippen LogP contribution in [-0.4, -0.2) is 13.7 Å². The molecule has 0 rings (SSSR count). The summed E-state index contributed by atoms with van der Waals surface area (Å²) in [6.45, 7) is 5.11. The van der Waals surface area contributed by atoms with Gasteiger partial charge in [-0.2, -0.15) is 8.42 Å². The molecule has 0 fully saturated rings. The minimum Gasteiger partial charge on any atom is -0.195 e. The first-order chi connectivity index (χ1) is 4.34. The second-order valence-corrected chi connectivity index (χ2v) is 4.67. The number of hydrogen-bond donors (Lipinski definition) is 0. The van der Waals surface area contributed by atoms with E-state index in [-0.39, 0.29) is 5.92 Å². The van der Waals surface area contributed by atoms with Gasteiger partial charge in [-0.25, -0.2) is 0 Å². The van der Waals surface area contributed by atoms with E-state index in [0.29, 0.717) is 6.42 Å². The highest BCUT2D eigenvalue weighted by Crippen LogP contribution is 2.13. The molecular formula is C6H13FO2S. The van der Waals surface area contributed by atoms with Crippen molar-refractivity contribution in [2.24, 2.45) is 5.92 Å². The molecule has 1 unspecified atom stereocenters. The Morgan fingerprint density at radius 1 is 1.30 bits per heavy atom. The average molecular weight is 168 g/mol. The van der Waals surface area contributed by atoms with Crippen LogP contribution in [0.5, 0.6) is 0 Å². The Kier molecular flexibility index (Phi) is 3.28. The van der Waals surface area contributed by atoms with Crippen molar-refractivity contribution in [1.29, 1.82) is 0 Å². The minimum atomic E-state index is -4.30. The van der Waals surface area contributed by atoms with Crippen molar-refractivity contribution in [3.05, 3.63) is 0 Å².